The van der Waals surface area contributed by atoms with Crippen molar-refractivity contribution in [3.05, 3.63) is 47.2 Å². The van der Waals surface area contributed by atoms with Gasteiger partial charge < -0.3 is 9.84 Å². The number of benzene rings is 1. The fourth-order valence-corrected chi connectivity index (χ4v) is 6.25. The third-order valence-electron chi connectivity index (χ3n) is 5.14. The molecule has 4 rings (SSSR count). The third-order valence-corrected chi connectivity index (χ3v) is 8.42. The fraction of sp³-hybridized carbons (Fsp3) is 0.350. The van der Waals surface area contributed by atoms with Crippen LogP contribution in [0, 0.1) is 17.6 Å². The van der Waals surface area contributed by atoms with Crippen molar-refractivity contribution in [2.75, 3.05) is 18.4 Å². The van der Waals surface area contributed by atoms with E-state index < -0.39 is 33.5 Å². The van der Waals surface area contributed by atoms with Crippen molar-refractivity contribution in [2.45, 2.75) is 30.4 Å². The first-order valence-corrected chi connectivity index (χ1v) is 12.3. The van der Waals surface area contributed by atoms with E-state index in [0.29, 0.717) is 42.6 Å². The van der Waals surface area contributed by atoms with Crippen molar-refractivity contribution in [2.24, 2.45) is 5.92 Å². The van der Waals surface area contributed by atoms with Gasteiger partial charge in [-0.25, -0.2) is 17.2 Å². The Kier molecular flexibility index (Phi) is 6.35. The molecule has 3 aromatic rings. The second-order valence-electron chi connectivity index (χ2n) is 7.34. The van der Waals surface area contributed by atoms with Crippen molar-refractivity contribution < 1.29 is 26.5 Å². The number of rotatable bonds is 6. The van der Waals surface area contributed by atoms with E-state index in [0.717, 1.165) is 23.5 Å². The summed E-state index contributed by atoms with van der Waals surface area (Å²) in [6, 6.07) is 4.34. The zero-order valence-electron chi connectivity index (χ0n) is 17.0. The lowest BCUT2D eigenvalue weighted by atomic mass is 9.98. The predicted molar refractivity (Wildman–Crippen MR) is 113 cm³/mol. The van der Waals surface area contributed by atoms with E-state index in [1.807, 2.05) is 6.92 Å². The van der Waals surface area contributed by atoms with Gasteiger partial charge in [-0.1, -0.05) is 12.1 Å². The summed E-state index contributed by atoms with van der Waals surface area (Å²) in [4.78, 5) is 16.8. The first kappa shape index (κ1) is 22.5. The highest BCUT2D eigenvalue weighted by Crippen LogP contribution is 2.31. The molecule has 0 radical (unpaired) electrons. The first-order valence-electron chi connectivity index (χ1n) is 9.95. The normalized spacial score (nSPS) is 17.4. The average Bonchev–Trinajstić information content (AvgIpc) is 3.45. The molecule has 0 bridgehead atoms. The van der Waals surface area contributed by atoms with Crippen LogP contribution in [0.3, 0.4) is 0 Å². The Labute approximate surface area is 187 Å². The summed E-state index contributed by atoms with van der Waals surface area (Å²) >= 11 is 1.04. The Balaban J connectivity index is 1.48. The molecule has 0 saturated carbocycles. The molecule has 8 nitrogen and oxygen atoms in total. The monoisotopic (exact) mass is 482 g/mol. The summed E-state index contributed by atoms with van der Waals surface area (Å²) < 4.78 is 59.7. The van der Waals surface area contributed by atoms with Crippen molar-refractivity contribution in [1.82, 2.24) is 14.4 Å². The van der Waals surface area contributed by atoms with Crippen molar-refractivity contribution >= 4 is 33.0 Å². The predicted octanol–water partition coefficient (Wildman–Crippen LogP) is 3.68. The molecule has 1 fully saturated rings. The number of carbonyl (C=O) groups is 1. The van der Waals surface area contributed by atoms with E-state index in [-0.39, 0.29) is 23.0 Å². The van der Waals surface area contributed by atoms with E-state index in [1.165, 1.54) is 10.4 Å². The van der Waals surface area contributed by atoms with E-state index in [1.54, 1.807) is 5.38 Å². The smallest absolute Gasteiger partial charge is 0.252 e. The van der Waals surface area contributed by atoms with E-state index in [9.17, 15) is 22.0 Å². The summed E-state index contributed by atoms with van der Waals surface area (Å²) in [6.45, 7) is 2.10. The highest BCUT2D eigenvalue weighted by Gasteiger charge is 2.34. The van der Waals surface area contributed by atoms with Gasteiger partial charge in [0.1, 0.15) is 15.8 Å². The maximum absolute atomic E-state index is 13.9. The number of nitrogens with zero attached hydrogens (tertiary/aromatic N) is 3. The van der Waals surface area contributed by atoms with Gasteiger partial charge in [0.2, 0.25) is 17.6 Å². The number of halogens is 2. The maximum Gasteiger partial charge on any atom is 0.252 e. The van der Waals surface area contributed by atoms with Crippen LogP contribution in [0.2, 0.25) is 0 Å². The second-order valence-corrected chi connectivity index (χ2v) is 10.4. The number of thiophene rings is 1. The van der Waals surface area contributed by atoms with Crippen molar-refractivity contribution in [3.63, 3.8) is 0 Å². The van der Waals surface area contributed by atoms with Gasteiger partial charge in [-0.05, 0) is 31.0 Å². The third kappa shape index (κ3) is 4.57. The molecule has 1 aliphatic heterocycles. The van der Waals surface area contributed by atoms with Crippen LogP contribution < -0.4 is 5.32 Å². The lowest BCUT2D eigenvalue weighted by molar-refractivity contribution is -0.120. The van der Waals surface area contributed by atoms with E-state index in [2.05, 4.69) is 15.5 Å². The van der Waals surface area contributed by atoms with Crippen molar-refractivity contribution in [1.29, 1.82) is 0 Å². The topological polar surface area (TPSA) is 105 Å². The summed E-state index contributed by atoms with van der Waals surface area (Å²) in [5.41, 5.74) is 0.390. The van der Waals surface area contributed by atoms with Gasteiger partial charge in [-0.15, -0.1) is 11.3 Å². The Morgan fingerprint density at radius 2 is 2.16 bits per heavy atom. The van der Waals surface area contributed by atoms with Crippen LogP contribution in [0.5, 0.6) is 0 Å². The summed E-state index contributed by atoms with van der Waals surface area (Å²) in [6.07, 6.45) is 1.51. The molecular weight excluding hydrogens is 462 g/mol. The molecule has 0 aliphatic carbocycles. The average molecular weight is 483 g/mol. The number of piperidine rings is 1. The summed E-state index contributed by atoms with van der Waals surface area (Å²) in [7, 11) is -3.84. The molecule has 1 aliphatic rings. The number of hydrogen-bond donors (Lipinski definition) is 1. The Morgan fingerprint density at radius 3 is 2.88 bits per heavy atom. The number of aromatic nitrogens is 2. The molecule has 1 amide bonds. The zero-order chi connectivity index (χ0) is 22.9. The van der Waals surface area contributed by atoms with Gasteiger partial charge in [0.15, 0.2) is 0 Å². The van der Waals surface area contributed by atoms with Crippen molar-refractivity contribution in [3.8, 4) is 11.4 Å². The van der Waals surface area contributed by atoms with Crippen LogP contribution in [0.1, 0.15) is 25.7 Å². The van der Waals surface area contributed by atoms with Gasteiger partial charge >= 0.3 is 0 Å². The van der Waals surface area contributed by atoms with Crippen LogP contribution in [0.15, 0.2) is 38.4 Å². The Morgan fingerprint density at radius 1 is 1.34 bits per heavy atom. The fourth-order valence-electron chi connectivity index (χ4n) is 3.41. The van der Waals surface area contributed by atoms with Crippen LogP contribution in [-0.4, -0.2) is 41.9 Å². The minimum atomic E-state index is -3.84. The lowest BCUT2D eigenvalue weighted by Crippen LogP contribution is -2.43. The molecule has 0 spiro atoms. The lowest BCUT2D eigenvalue weighted by Gasteiger charge is -2.30. The Bertz CT molecular complexity index is 1240. The number of anilines is 1. The maximum atomic E-state index is 13.9. The molecule has 1 aromatic carbocycles. The molecule has 1 N–H and O–H groups in total. The van der Waals surface area contributed by atoms with E-state index in [4.69, 9.17) is 4.52 Å². The standard InChI is InChI=1S/C20H20F2N4O4S2/c1-2-17-24-19(25-30-17)13-8-18(31-11-13)32(28,29)26-7-3-4-12(10-26)20(27)23-16-6-5-14(21)9-15(16)22/h5-6,8-9,11-12H,2-4,7,10H2,1H3,(H,23,27). The number of sulfonamides is 1. The zero-order valence-corrected chi connectivity index (χ0v) is 18.7. The van der Waals surface area contributed by atoms with Gasteiger partial charge in [-0.2, -0.15) is 9.29 Å². The van der Waals surface area contributed by atoms with Gasteiger partial charge in [0, 0.05) is 36.5 Å². The molecule has 1 unspecified atom stereocenters. The summed E-state index contributed by atoms with van der Waals surface area (Å²) in [5, 5.41) is 7.93. The van der Waals surface area contributed by atoms with Gasteiger partial charge in [0.25, 0.3) is 10.0 Å². The number of hydrogen-bond acceptors (Lipinski definition) is 7. The minimum Gasteiger partial charge on any atom is -0.339 e. The first-order chi connectivity index (χ1) is 15.3. The van der Waals surface area contributed by atoms with E-state index >= 15 is 0 Å². The van der Waals surface area contributed by atoms with Crippen LogP contribution in [0.25, 0.3) is 11.4 Å². The van der Waals surface area contributed by atoms with Crippen LogP contribution in [-0.2, 0) is 21.2 Å². The highest BCUT2D eigenvalue weighted by atomic mass is 32.2. The minimum absolute atomic E-state index is 0.0353. The number of nitrogens with one attached hydrogen (secondary N) is 1. The molecule has 1 atom stereocenters. The van der Waals surface area contributed by atoms with Crippen LogP contribution in [0.4, 0.5) is 14.5 Å². The second kappa shape index (κ2) is 9.04. The van der Waals surface area contributed by atoms with Gasteiger partial charge in [-0.3, -0.25) is 4.79 Å². The number of amides is 1. The molecule has 2 aromatic heterocycles. The molecule has 32 heavy (non-hydrogen) atoms. The quantitative estimate of drug-likeness (QED) is 0.575. The molecule has 1 saturated heterocycles. The van der Waals surface area contributed by atoms with Gasteiger partial charge in [0.05, 0.1) is 11.6 Å². The largest absolute Gasteiger partial charge is 0.339 e. The summed E-state index contributed by atoms with van der Waals surface area (Å²) in [5.74, 6) is -2.04. The van der Waals surface area contributed by atoms with Crippen LogP contribution >= 0.6 is 11.3 Å². The molecule has 3 heterocycles. The molecule has 170 valence electrons. The molecule has 12 heteroatoms. The number of aryl methyl sites for hydroxylation is 1. The SMILES string of the molecule is CCc1nc(-c2csc(S(=O)(=O)N3CCCC(C(=O)Nc4ccc(F)cc4F)C3)c2)no1. The molecular formula is C20H20F2N4O4S2. The number of carbonyl (C=O) groups excluding carboxylic acids is 1. The highest BCUT2D eigenvalue weighted by molar-refractivity contribution is 7.91. The Hall–Kier alpha value is -2.70.